The van der Waals surface area contributed by atoms with E-state index in [1.54, 1.807) is 0 Å². The molecule has 126 valence electrons. The number of benzene rings is 1. The van der Waals surface area contributed by atoms with Gasteiger partial charge in [-0.1, -0.05) is 0 Å². The smallest absolute Gasteiger partial charge is 0.253 e. The fourth-order valence-corrected chi connectivity index (χ4v) is 3.50. The average Bonchev–Trinajstić information content (AvgIpc) is 3.05. The monoisotopic (exact) mass is 316 g/mol. The molecular weight excluding hydrogens is 288 g/mol. The van der Waals surface area contributed by atoms with E-state index in [1.807, 2.05) is 48.2 Å². The van der Waals surface area contributed by atoms with Crippen molar-refractivity contribution in [2.24, 2.45) is 0 Å². The number of hydrogen-bond acceptors (Lipinski definition) is 4. The number of nitrogens with zero attached hydrogens (tertiary/aromatic N) is 4. The van der Waals surface area contributed by atoms with Gasteiger partial charge in [0.15, 0.2) is 0 Å². The standard InChI is InChI=1S/C18H28N4O/c1-19(2)16-6-4-15(5-7-16)18(23)22-9-8-17(14-22)21-12-10-20(3)11-13-21/h4-7,17H,8-14H2,1-3H3/t17-/m1/s1. The van der Waals surface area contributed by atoms with Gasteiger partial charge < -0.3 is 14.7 Å². The molecule has 0 spiro atoms. The van der Waals surface area contributed by atoms with Crippen molar-refractivity contribution in [3.05, 3.63) is 29.8 Å². The van der Waals surface area contributed by atoms with Crippen molar-refractivity contribution in [1.82, 2.24) is 14.7 Å². The highest BCUT2D eigenvalue weighted by molar-refractivity contribution is 5.94. The molecule has 0 radical (unpaired) electrons. The molecule has 2 saturated heterocycles. The van der Waals surface area contributed by atoms with Gasteiger partial charge in [-0.05, 0) is 37.7 Å². The van der Waals surface area contributed by atoms with Gasteiger partial charge in [0, 0.05) is 70.7 Å². The highest BCUT2D eigenvalue weighted by Crippen LogP contribution is 2.20. The zero-order chi connectivity index (χ0) is 16.4. The second kappa shape index (κ2) is 6.89. The molecule has 0 N–H and O–H groups in total. The van der Waals surface area contributed by atoms with Crippen LogP contribution in [0.5, 0.6) is 0 Å². The van der Waals surface area contributed by atoms with Crippen LogP contribution in [0.3, 0.4) is 0 Å². The van der Waals surface area contributed by atoms with Crippen molar-refractivity contribution in [3.8, 4) is 0 Å². The Morgan fingerprint density at radius 3 is 2.30 bits per heavy atom. The topological polar surface area (TPSA) is 30.0 Å². The van der Waals surface area contributed by atoms with Gasteiger partial charge in [-0.25, -0.2) is 0 Å². The van der Waals surface area contributed by atoms with Gasteiger partial charge in [0.1, 0.15) is 0 Å². The summed E-state index contributed by atoms with van der Waals surface area (Å²) in [6.45, 7) is 6.28. The lowest BCUT2D eigenvalue weighted by molar-refractivity contribution is 0.0755. The van der Waals surface area contributed by atoms with E-state index in [2.05, 4.69) is 16.8 Å². The minimum absolute atomic E-state index is 0.173. The number of hydrogen-bond donors (Lipinski definition) is 0. The third kappa shape index (κ3) is 3.67. The molecule has 0 saturated carbocycles. The summed E-state index contributed by atoms with van der Waals surface area (Å²) in [7, 11) is 6.20. The Kier molecular flexibility index (Phi) is 4.87. The van der Waals surface area contributed by atoms with E-state index in [9.17, 15) is 4.79 Å². The molecule has 0 bridgehead atoms. The SMILES string of the molecule is CN1CCN([C@@H]2CCN(C(=O)c3ccc(N(C)C)cc3)C2)CC1. The lowest BCUT2D eigenvalue weighted by atomic mass is 10.1. The van der Waals surface area contributed by atoms with E-state index >= 15 is 0 Å². The molecule has 0 unspecified atom stereocenters. The van der Waals surface area contributed by atoms with E-state index in [0.29, 0.717) is 6.04 Å². The Morgan fingerprint density at radius 1 is 1.04 bits per heavy atom. The number of carbonyl (C=O) groups is 1. The first-order valence-corrected chi connectivity index (χ1v) is 8.54. The van der Waals surface area contributed by atoms with Gasteiger partial charge in [-0.3, -0.25) is 9.69 Å². The van der Waals surface area contributed by atoms with E-state index < -0.39 is 0 Å². The zero-order valence-electron chi connectivity index (χ0n) is 14.5. The van der Waals surface area contributed by atoms with Gasteiger partial charge >= 0.3 is 0 Å². The zero-order valence-corrected chi connectivity index (χ0v) is 14.5. The summed E-state index contributed by atoms with van der Waals surface area (Å²) in [5.41, 5.74) is 1.92. The summed E-state index contributed by atoms with van der Waals surface area (Å²) in [5.74, 6) is 0.173. The summed E-state index contributed by atoms with van der Waals surface area (Å²) in [6, 6.07) is 8.46. The molecule has 23 heavy (non-hydrogen) atoms. The first-order valence-electron chi connectivity index (χ1n) is 8.54. The highest BCUT2D eigenvalue weighted by Gasteiger charge is 2.31. The molecule has 2 fully saturated rings. The fourth-order valence-electron chi connectivity index (χ4n) is 3.50. The second-order valence-corrected chi connectivity index (χ2v) is 6.97. The minimum atomic E-state index is 0.173. The Hall–Kier alpha value is -1.59. The molecule has 2 aliphatic heterocycles. The van der Waals surface area contributed by atoms with Crippen LogP contribution in [0.25, 0.3) is 0 Å². The molecule has 1 atom stereocenters. The fraction of sp³-hybridized carbons (Fsp3) is 0.611. The maximum absolute atomic E-state index is 12.7. The molecule has 2 aliphatic rings. The van der Waals surface area contributed by atoms with Crippen molar-refractivity contribution < 1.29 is 4.79 Å². The molecular formula is C18H28N4O. The third-order valence-electron chi connectivity index (χ3n) is 5.14. The first kappa shape index (κ1) is 16.3. The number of anilines is 1. The van der Waals surface area contributed by atoms with Crippen LogP contribution in [-0.4, -0.2) is 87.1 Å². The van der Waals surface area contributed by atoms with Gasteiger partial charge in [0.2, 0.25) is 0 Å². The minimum Gasteiger partial charge on any atom is -0.378 e. The average molecular weight is 316 g/mol. The maximum atomic E-state index is 12.7. The second-order valence-electron chi connectivity index (χ2n) is 6.97. The maximum Gasteiger partial charge on any atom is 0.253 e. The molecule has 1 amide bonds. The van der Waals surface area contributed by atoms with Gasteiger partial charge in [-0.15, -0.1) is 0 Å². The van der Waals surface area contributed by atoms with Crippen LogP contribution in [0, 0.1) is 0 Å². The van der Waals surface area contributed by atoms with Crippen LogP contribution >= 0.6 is 0 Å². The van der Waals surface area contributed by atoms with Gasteiger partial charge in [0.05, 0.1) is 0 Å². The number of amides is 1. The summed E-state index contributed by atoms with van der Waals surface area (Å²) in [4.78, 5) is 21.7. The molecule has 1 aromatic carbocycles. The molecule has 5 nitrogen and oxygen atoms in total. The molecule has 1 aromatic rings. The van der Waals surface area contributed by atoms with E-state index in [1.165, 1.54) is 0 Å². The van der Waals surface area contributed by atoms with Crippen LogP contribution in [-0.2, 0) is 0 Å². The normalized spacial score (nSPS) is 23.3. The van der Waals surface area contributed by atoms with Gasteiger partial charge in [-0.2, -0.15) is 0 Å². The Morgan fingerprint density at radius 2 is 1.70 bits per heavy atom. The Labute approximate surface area is 139 Å². The number of piperazine rings is 1. The van der Waals surface area contributed by atoms with Crippen molar-refractivity contribution >= 4 is 11.6 Å². The van der Waals surface area contributed by atoms with Gasteiger partial charge in [0.25, 0.3) is 5.91 Å². The summed E-state index contributed by atoms with van der Waals surface area (Å²) in [6.07, 6.45) is 1.10. The number of rotatable bonds is 3. The van der Waals surface area contributed by atoms with E-state index in [0.717, 1.165) is 56.9 Å². The predicted molar refractivity (Wildman–Crippen MR) is 94.1 cm³/mol. The predicted octanol–water partition coefficient (Wildman–Crippen LogP) is 1.21. The Balaban J connectivity index is 1.58. The summed E-state index contributed by atoms with van der Waals surface area (Å²) < 4.78 is 0. The van der Waals surface area contributed by atoms with Crippen LogP contribution < -0.4 is 4.90 Å². The van der Waals surface area contributed by atoms with Crippen molar-refractivity contribution in [3.63, 3.8) is 0 Å². The van der Waals surface area contributed by atoms with E-state index in [-0.39, 0.29) is 5.91 Å². The van der Waals surface area contributed by atoms with Crippen molar-refractivity contribution in [2.45, 2.75) is 12.5 Å². The molecule has 2 heterocycles. The van der Waals surface area contributed by atoms with Crippen molar-refractivity contribution in [1.29, 1.82) is 0 Å². The van der Waals surface area contributed by atoms with Crippen molar-refractivity contribution in [2.75, 3.05) is 65.3 Å². The lowest BCUT2D eigenvalue weighted by Gasteiger charge is -2.36. The number of likely N-dealkylation sites (N-methyl/N-ethyl adjacent to an activating group) is 1. The molecule has 0 aromatic heterocycles. The van der Waals surface area contributed by atoms with Crippen LogP contribution in [0.15, 0.2) is 24.3 Å². The largest absolute Gasteiger partial charge is 0.378 e. The molecule has 0 aliphatic carbocycles. The Bertz CT molecular complexity index is 534. The third-order valence-corrected chi connectivity index (χ3v) is 5.14. The molecule has 3 rings (SSSR count). The molecule has 5 heteroatoms. The van der Waals surface area contributed by atoms with Crippen LogP contribution in [0.4, 0.5) is 5.69 Å². The number of carbonyl (C=O) groups excluding carboxylic acids is 1. The highest BCUT2D eigenvalue weighted by atomic mass is 16.2. The van der Waals surface area contributed by atoms with Crippen LogP contribution in [0.1, 0.15) is 16.8 Å². The van der Waals surface area contributed by atoms with E-state index in [4.69, 9.17) is 0 Å². The lowest BCUT2D eigenvalue weighted by Crippen LogP contribution is -2.50. The summed E-state index contributed by atoms with van der Waals surface area (Å²) >= 11 is 0. The first-order chi connectivity index (χ1) is 11.0. The van der Waals surface area contributed by atoms with Crippen LogP contribution in [0.2, 0.25) is 0 Å². The number of likely N-dealkylation sites (tertiary alicyclic amines) is 1. The summed E-state index contributed by atoms with van der Waals surface area (Å²) in [5, 5.41) is 0. The quantitative estimate of drug-likeness (QED) is 0.839.